The highest BCUT2D eigenvalue weighted by molar-refractivity contribution is 5.51. The molecule has 0 aliphatic rings. The molecule has 2 aromatic carbocycles. The summed E-state index contributed by atoms with van der Waals surface area (Å²) < 4.78 is 0. The van der Waals surface area contributed by atoms with Crippen LogP contribution in [-0.2, 0) is 0 Å². The molecule has 0 aromatic heterocycles. The number of rotatable bonds is 4. The van der Waals surface area contributed by atoms with E-state index >= 15 is 0 Å². The van der Waals surface area contributed by atoms with Crippen LogP contribution in [0.1, 0.15) is 11.7 Å². The van der Waals surface area contributed by atoms with Gasteiger partial charge < -0.3 is 16.2 Å². The summed E-state index contributed by atoms with van der Waals surface area (Å²) in [6.45, 7) is 0.480. The highest BCUT2D eigenvalue weighted by Gasteiger charge is 2.05. The Morgan fingerprint density at radius 2 is 1.65 bits per heavy atom. The lowest BCUT2D eigenvalue weighted by Gasteiger charge is -2.13. The van der Waals surface area contributed by atoms with E-state index in [1.165, 1.54) is 0 Å². The van der Waals surface area contributed by atoms with Crippen molar-refractivity contribution in [3.05, 3.63) is 60.2 Å². The summed E-state index contributed by atoms with van der Waals surface area (Å²) in [6, 6.07) is 17.0. The van der Waals surface area contributed by atoms with E-state index in [4.69, 9.17) is 5.73 Å². The van der Waals surface area contributed by atoms with Gasteiger partial charge in [0.25, 0.3) is 0 Å². The van der Waals surface area contributed by atoms with E-state index in [0.717, 1.165) is 16.9 Å². The van der Waals surface area contributed by atoms with Gasteiger partial charge in [-0.25, -0.2) is 0 Å². The molecule has 0 amide bonds. The maximum absolute atomic E-state index is 9.95. The number of nitrogens with two attached hydrogens (primary N) is 1. The van der Waals surface area contributed by atoms with Crippen LogP contribution in [0.2, 0.25) is 0 Å². The number of nitrogen functional groups attached to an aromatic ring is 1. The van der Waals surface area contributed by atoms with Crippen LogP contribution in [0.25, 0.3) is 0 Å². The largest absolute Gasteiger partial charge is 0.399 e. The van der Waals surface area contributed by atoms with Crippen molar-refractivity contribution in [2.45, 2.75) is 6.10 Å². The zero-order valence-corrected chi connectivity index (χ0v) is 9.51. The topological polar surface area (TPSA) is 58.3 Å². The maximum atomic E-state index is 9.95. The minimum atomic E-state index is -0.506. The van der Waals surface area contributed by atoms with E-state index in [-0.39, 0.29) is 0 Å². The highest BCUT2D eigenvalue weighted by Crippen LogP contribution is 2.15. The maximum Gasteiger partial charge on any atom is 0.0962 e. The fourth-order valence-electron chi connectivity index (χ4n) is 1.61. The average Bonchev–Trinajstić information content (AvgIpc) is 2.39. The van der Waals surface area contributed by atoms with Crippen LogP contribution in [0.4, 0.5) is 11.4 Å². The Morgan fingerprint density at radius 1 is 1.00 bits per heavy atom. The number of hydrogen-bond donors (Lipinski definition) is 3. The molecule has 0 saturated heterocycles. The Hall–Kier alpha value is -2.00. The van der Waals surface area contributed by atoms with Crippen LogP contribution in [0.3, 0.4) is 0 Å². The molecule has 0 spiro atoms. The quantitative estimate of drug-likeness (QED) is 0.704. The van der Waals surface area contributed by atoms with Gasteiger partial charge in [0, 0.05) is 17.9 Å². The van der Waals surface area contributed by atoms with Crippen molar-refractivity contribution in [2.75, 3.05) is 17.6 Å². The van der Waals surface area contributed by atoms with Gasteiger partial charge in [0.1, 0.15) is 0 Å². The van der Waals surface area contributed by atoms with E-state index in [1.807, 2.05) is 54.6 Å². The average molecular weight is 228 g/mol. The van der Waals surface area contributed by atoms with E-state index in [0.29, 0.717) is 6.54 Å². The number of benzene rings is 2. The third kappa shape index (κ3) is 3.23. The molecule has 0 heterocycles. The molecule has 2 aromatic rings. The molecule has 0 saturated carbocycles. The van der Waals surface area contributed by atoms with Gasteiger partial charge in [-0.15, -0.1) is 0 Å². The van der Waals surface area contributed by atoms with Crippen molar-refractivity contribution >= 4 is 11.4 Å². The number of aliphatic hydroxyl groups excluding tert-OH is 1. The van der Waals surface area contributed by atoms with E-state index < -0.39 is 6.10 Å². The molecule has 4 N–H and O–H groups in total. The molecule has 3 nitrogen and oxygen atoms in total. The number of aliphatic hydroxyl groups is 1. The summed E-state index contributed by atoms with van der Waals surface area (Å²) in [5, 5.41) is 13.1. The zero-order valence-electron chi connectivity index (χ0n) is 9.51. The summed E-state index contributed by atoms with van der Waals surface area (Å²) >= 11 is 0. The second kappa shape index (κ2) is 5.37. The molecule has 3 heteroatoms. The van der Waals surface area contributed by atoms with Gasteiger partial charge in [-0.3, -0.25) is 0 Å². The van der Waals surface area contributed by atoms with E-state index in [9.17, 15) is 5.11 Å². The van der Waals surface area contributed by atoms with Gasteiger partial charge in [-0.1, -0.05) is 30.3 Å². The van der Waals surface area contributed by atoms with Crippen LogP contribution < -0.4 is 11.1 Å². The molecule has 0 bridgehead atoms. The van der Waals surface area contributed by atoms with Gasteiger partial charge in [0.05, 0.1) is 6.10 Å². The SMILES string of the molecule is Nc1ccc(NC[C@H](O)c2ccccc2)cc1. The fraction of sp³-hybridized carbons (Fsp3) is 0.143. The molecule has 0 aliphatic heterocycles. The molecular formula is C14H16N2O. The fourth-order valence-corrected chi connectivity index (χ4v) is 1.61. The van der Waals surface area contributed by atoms with Gasteiger partial charge in [-0.2, -0.15) is 0 Å². The highest BCUT2D eigenvalue weighted by atomic mass is 16.3. The Labute approximate surface area is 101 Å². The molecule has 0 radical (unpaired) electrons. The molecule has 2 rings (SSSR count). The second-order valence-corrected chi connectivity index (χ2v) is 3.93. The first kappa shape index (κ1) is 11.5. The lowest BCUT2D eigenvalue weighted by molar-refractivity contribution is 0.191. The lowest BCUT2D eigenvalue weighted by atomic mass is 10.1. The standard InChI is InChI=1S/C14H16N2O/c15-12-6-8-13(9-7-12)16-10-14(17)11-4-2-1-3-5-11/h1-9,14,16-17H,10,15H2/t14-/m0/s1. The molecule has 17 heavy (non-hydrogen) atoms. The minimum Gasteiger partial charge on any atom is -0.399 e. The van der Waals surface area contributed by atoms with Gasteiger partial charge in [-0.05, 0) is 29.8 Å². The van der Waals surface area contributed by atoms with Gasteiger partial charge >= 0.3 is 0 Å². The summed E-state index contributed by atoms with van der Waals surface area (Å²) in [7, 11) is 0. The molecule has 1 atom stereocenters. The summed E-state index contributed by atoms with van der Waals surface area (Å²) in [6.07, 6.45) is -0.506. The van der Waals surface area contributed by atoms with Crippen LogP contribution in [0.5, 0.6) is 0 Å². The Kier molecular flexibility index (Phi) is 3.62. The third-order valence-corrected chi connectivity index (χ3v) is 2.59. The number of anilines is 2. The zero-order chi connectivity index (χ0) is 12.1. The second-order valence-electron chi connectivity index (χ2n) is 3.93. The van der Waals surface area contributed by atoms with Crippen molar-refractivity contribution < 1.29 is 5.11 Å². The summed E-state index contributed by atoms with van der Waals surface area (Å²) in [5.74, 6) is 0. The van der Waals surface area contributed by atoms with Crippen molar-refractivity contribution in [1.82, 2.24) is 0 Å². The molecule has 0 fully saturated rings. The van der Waals surface area contributed by atoms with E-state index in [2.05, 4.69) is 5.32 Å². The predicted octanol–water partition coefficient (Wildman–Crippen LogP) is 2.41. The Balaban J connectivity index is 1.92. The normalized spacial score (nSPS) is 12.1. The van der Waals surface area contributed by atoms with Crippen molar-refractivity contribution in [1.29, 1.82) is 0 Å². The molecular weight excluding hydrogens is 212 g/mol. The van der Waals surface area contributed by atoms with E-state index in [1.54, 1.807) is 0 Å². The monoisotopic (exact) mass is 228 g/mol. The Bertz CT molecular complexity index is 453. The molecule has 88 valence electrons. The van der Waals surface area contributed by atoms with Crippen LogP contribution in [0.15, 0.2) is 54.6 Å². The van der Waals surface area contributed by atoms with Gasteiger partial charge in [0.2, 0.25) is 0 Å². The smallest absolute Gasteiger partial charge is 0.0962 e. The molecule has 0 aliphatic carbocycles. The number of hydrogen-bond acceptors (Lipinski definition) is 3. The summed E-state index contributed by atoms with van der Waals surface area (Å²) in [4.78, 5) is 0. The third-order valence-electron chi connectivity index (χ3n) is 2.59. The minimum absolute atomic E-state index is 0.480. The first-order chi connectivity index (χ1) is 8.25. The van der Waals surface area contributed by atoms with Crippen molar-refractivity contribution in [3.8, 4) is 0 Å². The van der Waals surface area contributed by atoms with Crippen LogP contribution >= 0.6 is 0 Å². The first-order valence-electron chi connectivity index (χ1n) is 5.58. The molecule has 0 unspecified atom stereocenters. The lowest BCUT2D eigenvalue weighted by Crippen LogP contribution is -2.11. The van der Waals surface area contributed by atoms with Gasteiger partial charge in [0.15, 0.2) is 0 Å². The predicted molar refractivity (Wildman–Crippen MR) is 70.7 cm³/mol. The first-order valence-corrected chi connectivity index (χ1v) is 5.58. The number of nitrogens with one attached hydrogen (secondary N) is 1. The Morgan fingerprint density at radius 3 is 2.29 bits per heavy atom. The van der Waals surface area contributed by atoms with Crippen LogP contribution in [-0.4, -0.2) is 11.7 Å². The van der Waals surface area contributed by atoms with Crippen molar-refractivity contribution in [2.24, 2.45) is 0 Å². The van der Waals surface area contributed by atoms with Crippen LogP contribution in [0, 0.1) is 0 Å². The van der Waals surface area contributed by atoms with Crippen molar-refractivity contribution in [3.63, 3.8) is 0 Å². The summed E-state index contributed by atoms with van der Waals surface area (Å²) in [5.41, 5.74) is 8.20.